The van der Waals surface area contributed by atoms with Crippen LogP contribution in [0.1, 0.15) is 29.6 Å². The third-order valence-electron chi connectivity index (χ3n) is 4.19. The third kappa shape index (κ3) is 4.30. The highest BCUT2D eigenvalue weighted by atomic mass is 16.5. The van der Waals surface area contributed by atoms with Gasteiger partial charge in [0.05, 0.1) is 0 Å². The molecule has 2 aromatic rings. The van der Waals surface area contributed by atoms with E-state index >= 15 is 0 Å². The van der Waals surface area contributed by atoms with Gasteiger partial charge in [0.2, 0.25) is 5.91 Å². The average molecular weight is 341 g/mol. The van der Waals surface area contributed by atoms with Crippen molar-refractivity contribution in [2.75, 3.05) is 32.1 Å². The number of aryl methyl sites for hydroxylation is 2. The molecule has 0 radical (unpaired) electrons. The molecule has 1 unspecified atom stereocenters. The largest absolute Gasteiger partial charge is 0.375 e. The average Bonchev–Trinajstić information content (AvgIpc) is 3.05. The number of likely N-dealkylation sites (tertiary alicyclic amines) is 1. The Labute approximate surface area is 147 Å². The first-order valence-corrected chi connectivity index (χ1v) is 8.38. The summed E-state index contributed by atoms with van der Waals surface area (Å²) in [4.78, 5) is 27.4. The van der Waals surface area contributed by atoms with Crippen LogP contribution in [0, 0.1) is 13.8 Å². The van der Waals surface area contributed by atoms with Crippen molar-refractivity contribution < 1.29 is 9.53 Å². The fourth-order valence-electron chi connectivity index (χ4n) is 2.99. The number of hydrogen-bond donors (Lipinski definition) is 1. The number of pyridine rings is 1. The molecule has 0 aromatic carbocycles. The highest BCUT2D eigenvalue weighted by molar-refractivity contribution is 5.77. The number of ether oxygens (including phenoxy) is 1. The van der Waals surface area contributed by atoms with Gasteiger partial charge in [-0.05, 0) is 32.4 Å². The lowest BCUT2D eigenvalue weighted by atomic mass is 10.1. The first kappa shape index (κ1) is 17.3. The first-order valence-electron chi connectivity index (χ1n) is 8.38. The summed E-state index contributed by atoms with van der Waals surface area (Å²) in [6.07, 6.45) is 0.862. The van der Waals surface area contributed by atoms with Crippen molar-refractivity contribution in [1.82, 2.24) is 19.9 Å². The number of aromatic nitrogens is 3. The highest BCUT2D eigenvalue weighted by Crippen LogP contribution is 2.26. The lowest BCUT2D eigenvalue weighted by molar-refractivity contribution is -0.134. The van der Waals surface area contributed by atoms with E-state index in [0.29, 0.717) is 13.1 Å². The minimum Gasteiger partial charge on any atom is -0.375 e. The molecule has 7 heteroatoms. The summed E-state index contributed by atoms with van der Waals surface area (Å²) in [5.41, 5.74) is 1.83. The number of nitrogens with zero attached hydrogens (tertiary/aromatic N) is 4. The van der Waals surface area contributed by atoms with Gasteiger partial charge >= 0.3 is 0 Å². The van der Waals surface area contributed by atoms with Gasteiger partial charge in [0.1, 0.15) is 24.1 Å². The lowest BCUT2D eigenvalue weighted by Crippen LogP contribution is -2.31. The fourth-order valence-corrected chi connectivity index (χ4v) is 2.99. The Morgan fingerprint density at radius 2 is 2.08 bits per heavy atom. The van der Waals surface area contributed by atoms with Crippen molar-refractivity contribution in [1.29, 1.82) is 0 Å². The van der Waals surface area contributed by atoms with Crippen molar-refractivity contribution in [3.63, 3.8) is 0 Å². The Morgan fingerprint density at radius 3 is 2.84 bits per heavy atom. The smallest absolute Gasteiger partial charge is 0.248 e. The molecule has 1 saturated heterocycles. The predicted octanol–water partition coefficient (Wildman–Crippen LogP) is 2.19. The molecule has 2 aromatic heterocycles. The van der Waals surface area contributed by atoms with Crippen LogP contribution in [0.2, 0.25) is 0 Å². The molecule has 0 saturated carbocycles. The summed E-state index contributed by atoms with van der Waals surface area (Å²) in [6, 6.07) is 7.71. The molecule has 3 rings (SSSR count). The molecule has 3 heterocycles. The van der Waals surface area contributed by atoms with E-state index in [1.165, 1.54) is 7.11 Å². The van der Waals surface area contributed by atoms with E-state index in [4.69, 9.17) is 4.74 Å². The van der Waals surface area contributed by atoms with Crippen LogP contribution in [-0.4, -0.2) is 52.6 Å². The SMILES string of the molecule is COCC(=O)N1CCC(c2nc(C)cc(Nc3cccc(C)n3)n2)C1. The van der Waals surface area contributed by atoms with Crippen LogP contribution in [0.3, 0.4) is 0 Å². The summed E-state index contributed by atoms with van der Waals surface area (Å²) in [7, 11) is 1.53. The molecule has 1 aliphatic rings. The molecule has 0 spiro atoms. The van der Waals surface area contributed by atoms with Gasteiger partial charge in [0.25, 0.3) is 0 Å². The predicted molar refractivity (Wildman–Crippen MR) is 94.8 cm³/mol. The van der Waals surface area contributed by atoms with Gasteiger partial charge in [-0.2, -0.15) is 0 Å². The summed E-state index contributed by atoms with van der Waals surface area (Å²) in [5.74, 6) is 2.41. The summed E-state index contributed by atoms with van der Waals surface area (Å²) in [5, 5.41) is 3.24. The monoisotopic (exact) mass is 341 g/mol. The Kier molecular flexibility index (Phi) is 5.23. The number of methoxy groups -OCH3 is 1. The maximum Gasteiger partial charge on any atom is 0.248 e. The molecule has 0 aliphatic carbocycles. The van der Waals surface area contributed by atoms with Crippen LogP contribution >= 0.6 is 0 Å². The van der Waals surface area contributed by atoms with Crippen molar-refractivity contribution in [3.05, 3.63) is 41.5 Å². The standard InChI is InChI=1S/C18H23N5O2/c1-12-5-4-6-15(19-12)21-16-9-13(2)20-18(22-16)14-7-8-23(10-14)17(24)11-25-3/h4-6,9,14H,7-8,10-11H2,1-3H3,(H,19,20,21,22). The molecule has 1 fully saturated rings. The molecule has 132 valence electrons. The van der Waals surface area contributed by atoms with Crippen LogP contribution in [0.5, 0.6) is 0 Å². The topological polar surface area (TPSA) is 80.2 Å². The number of hydrogen-bond acceptors (Lipinski definition) is 6. The second-order valence-electron chi connectivity index (χ2n) is 6.30. The molecule has 1 aliphatic heterocycles. The summed E-state index contributed by atoms with van der Waals surface area (Å²) < 4.78 is 4.93. The normalized spacial score (nSPS) is 16.9. The number of nitrogens with one attached hydrogen (secondary N) is 1. The Balaban J connectivity index is 1.75. The number of amides is 1. The van der Waals surface area contributed by atoms with Gasteiger partial charge in [0, 0.05) is 43.6 Å². The summed E-state index contributed by atoms with van der Waals surface area (Å²) in [6.45, 7) is 5.36. The molecule has 0 bridgehead atoms. The number of rotatable bonds is 5. The molecule has 1 atom stereocenters. The van der Waals surface area contributed by atoms with Gasteiger partial charge in [-0.15, -0.1) is 0 Å². The second-order valence-corrected chi connectivity index (χ2v) is 6.30. The van der Waals surface area contributed by atoms with E-state index in [-0.39, 0.29) is 18.4 Å². The molecule has 7 nitrogen and oxygen atoms in total. The zero-order chi connectivity index (χ0) is 17.8. The maximum absolute atomic E-state index is 12.0. The van der Waals surface area contributed by atoms with Crippen molar-refractivity contribution in [3.8, 4) is 0 Å². The van der Waals surface area contributed by atoms with Crippen molar-refractivity contribution >= 4 is 17.5 Å². The van der Waals surface area contributed by atoms with Crippen LogP contribution in [0.15, 0.2) is 24.3 Å². The third-order valence-corrected chi connectivity index (χ3v) is 4.19. The van der Waals surface area contributed by atoms with E-state index in [2.05, 4.69) is 20.3 Å². The van der Waals surface area contributed by atoms with E-state index in [1.54, 1.807) is 0 Å². The van der Waals surface area contributed by atoms with Crippen LogP contribution in [-0.2, 0) is 9.53 Å². The Bertz CT molecular complexity index is 765. The number of anilines is 2. The lowest BCUT2D eigenvalue weighted by Gasteiger charge is -2.16. The first-order chi connectivity index (χ1) is 12.0. The summed E-state index contributed by atoms with van der Waals surface area (Å²) >= 11 is 0. The van der Waals surface area contributed by atoms with E-state index < -0.39 is 0 Å². The van der Waals surface area contributed by atoms with E-state index in [9.17, 15) is 4.79 Å². The Hall–Kier alpha value is -2.54. The van der Waals surface area contributed by atoms with Gasteiger partial charge < -0.3 is 15.0 Å². The van der Waals surface area contributed by atoms with E-state index in [1.807, 2.05) is 43.0 Å². The number of carbonyl (C=O) groups excluding carboxylic acids is 1. The Morgan fingerprint density at radius 1 is 1.24 bits per heavy atom. The molecule has 25 heavy (non-hydrogen) atoms. The quantitative estimate of drug-likeness (QED) is 0.898. The van der Waals surface area contributed by atoms with Crippen LogP contribution < -0.4 is 5.32 Å². The minimum absolute atomic E-state index is 0.0139. The maximum atomic E-state index is 12.0. The highest BCUT2D eigenvalue weighted by Gasteiger charge is 2.29. The molecular weight excluding hydrogens is 318 g/mol. The fraction of sp³-hybridized carbons (Fsp3) is 0.444. The minimum atomic E-state index is 0.0139. The molecule has 1 amide bonds. The van der Waals surface area contributed by atoms with Crippen LogP contribution in [0.4, 0.5) is 11.6 Å². The zero-order valence-corrected chi connectivity index (χ0v) is 14.8. The van der Waals surface area contributed by atoms with E-state index in [0.717, 1.165) is 35.3 Å². The zero-order valence-electron chi connectivity index (χ0n) is 14.8. The molecular formula is C18H23N5O2. The van der Waals surface area contributed by atoms with Gasteiger partial charge in [-0.3, -0.25) is 4.79 Å². The van der Waals surface area contributed by atoms with Gasteiger partial charge in [-0.1, -0.05) is 6.07 Å². The molecule has 1 N–H and O–H groups in total. The van der Waals surface area contributed by atoms with Crippen molar-refractivity contribution in [2.45, 2.75) is 26.2 Å². The number of carbonyl (C=O) groups is 1. The van der Waals surface area contributed by atoms with Crippen molar-refractivity contribution in [2.24, 2.45) is 0 Å². The van der Waals surface area contributed by atoms with Gasteiger partial charge in [-0.25, -0.2) is 15.0 Å². The van der Waals surface area contributed by atoms with Crippen LogP contribution in [0.25, 0.3) is 0 Å². The van der Waals surface area contributed by atoms with Gasteiger partial charge in [0.15, 0.2) is 0 Å². The second kappa shape index (κ2) is 7.57.